The van der Waals surface area contributed by atoms with Crippen LogP contribution in [0.3, 0.4) is 0 Å². The Morgan fingerprint density at radius 3 is 2.67 bits per heavy atom. The predicted molar refractivity (Wildman–Crippen MR) is 60.3 cm³/mol. The van der Waals surface area contributed by atoms with Crippen molar-refractivity contribution in [3.8, 4) is 0 Å². The molecule has 0 saturated heterocycles. The molecule has 15 heavy (non-hydrogen) atoms. The highest BCUT2D eigenvalue weighted by molar-refractivity contribution is 6.41. The molecule has 4 nitrogen and oxygen atoms in total. The van der Waals surface area contributed by atoms with Crippen molar-refractivity contribution in [3.05, 3.63) is 41.4 Å². The lowest BCUT2D eigenvalue weighted by Gasteiger charge is -2.10. The maximum atomic E-state index is 5.65. The lowest BCUT2D eigenvalue weighted by Crippen LogP contribution is -2.27. The molecule has 1 N–H and O–H groups in total. The number of rotatable bonds is 2. The van der Waals surface area contributed by atoms with Gasteiger partial charge in [-0.15, -0.1) is 5.10 Å². The van der Waals surface area contributed by atoms with E-state index in [-0.39, 0.29) is 10.9 Å². The Morgan fingerprint density at radius 2 is 2.13 bits per heavy atom. The predicted octanol–water partition coefficient (Wildman–Crippen LogP) is 2.32. The number of anilines is 1. The highest BCUT2D eigenvalue weighted by atomic mass is 35.5. The van der Waals surface area contributed by atoms with Crippen LogP contribution in [0.15, 0.2) is 41.0 Å². The summed E-state index contributed by atoms with van der Waals surface area (Å²) in [5.41, 5.74) is 4.66. The van der Waals surface area contributed by atoms with Gasteiger partial charge in [0.1, 0.15) is 0 Å². The molecule has 1 aliphatic rings. The third-order valence-electron chi connectivity index (χ3n) is 1.93. The monoisotopic (exact) mass is 223 g/mol. The van der Waals surface area contributed by atoms with Crippen LogP contribution in [0.25, 0.3) is 0 Å². The zero-order chi connectivity index (χ0) is 10.8. The summed E-state index contributed by atoms with van der Waals surface area (Å²) < 4.78 is 0. The van der Waals surface area contributed by atoms with Gasteiger partial charge in [-0.05, 0) is 24.6 Å². The van der Waals surface area contributed by atoms with Crippen LogP contribution in [0.1, 0.15) is 5.56 Å². The van der Waals surface area contributed by atoms with Crippen molar-refractivity contribution in [2.24, 2.45) is 5.10 Å². The van der Waals surface area contributed by atoms with Crippen LogP contribution in [-0.4, -0.2) is 5.90 Å². The molecule has 5 heteroatoms. The van der Waals surface area contributed by atoms with Crippen molar-refractivity contribution in [1.82, 2.24) is 5.59 Å². The minimum Gasteiger partial charge on any atom is -0.364 e. The minimum absolute atomic E-state index is 0.261. The molecule has 0 saturated carbocycles. The van der Waals surface area contributed by atoms with E-state index >= 15 is 0 Å². The molecule has 2 rings (SSSR count). The molecular formula is C10H10ClN3O. The Hall–Kier alpha value is -1.52. The van der Waals surface area contributed by atoms with Gasteiger partial charge in [-0.2, -0.15) is 5.12 Å². The average molecular weight is 224 g/mol. The third kappa shape index (κ3) is 2.11. The summed E-state index contributed by atoms with van der Waals surface area (Å²) in [6, 6.07) is 7.82. The van der Waals surface area contributed by atoms with Crippen molar-refractivity contribution in [2.75, 3.05) is 5.12 Å². The molecule has 0 unspecified atom stereocenters. The van der Waals surface area contributed by atoms with Gasteiger partial charge in [0.05, 0.1) is 10.7 Å². The second-order valence-corrected chi connectivity index (χ2v) is 3.61. The van der Waals surface area contributed by atoms with Gasteiger partial charge < -0.3 is 4.84 Å². The summed E-state index contributed by atoms with van der Waals surface area (Å²) in [6.45, 7) is 5.54. The Kier molecular flexibility index (Phi) is 2.62. The Balaban J connectivity index is 2.20. The Bertz CT molecular complexity index is 413. The van der Waals surface area contributed by atoms with Crippen LogP contribution in [0.4, 0.5) is 5.69 Å². The van der Waals surface area contributed by atoms with Crippen LogP contribution >= 0.6 is 11.6 Å². The van der Waals surface area contributed by atoms with Gasteiger partial charge in [-0.25, -0.2) is 0 Å². The first-order chi connectivity index (χ1) is 7.16. The molecule has 0 atom stereocenters. The minimum atomic E-state index is 0.261. The molecule has 78 valence electrons. The van der Waals surface area contributed by atoms with Crippen molar-refractivity contribution < 1.29 is 4.84 Å². The molecule has 0 radical (unpaired) electrons. The fraction of sp³-hybridized carbons (Fsp3) is 0.100. The lowest BCUT2D eigenvalue weighted by atomic mass is 10.2. The van der Waals surface area contributed by atoms with E-state index in [0.717, 1.165) is 5.69 Å². The van der Waals surface area contributed by atoms with Crippen LogP contribution < -0.4 is 10.7 Å². The quantitative estimate of drug-likeness (QED) is 0.836. The zero-order valence-electron chi connectivity index (χ0n) is 8.20. The molecular weight excluding hydrogens is 214 g/mol. The van der Waals surface area contributed by atoms with E-state index in [1.54, 1.807) is 0 Å². The fourth-order valence-corrected chi connectivity index (χ4v) is 1.20. The maximum Gasteiger partial charge on any atom is 0.276 e. The first-order valence-electron chi connectivity index (χ1n) is 4.39. The van der Waals surface area contributed by atoms with Gasteiger partial charge in [-0.1, -0.05) is 35.9 Å². The number of benzene rings is 1. The first kappa shape index (κ1) is 10.0. The molecule has 1 aliphatic heterocycles. The van der Waals surface area contributed by atoms with E-state index in [4.69, 9.17) is 16.4 Å². The van der Waals surface area contributed by atoms with Crippen molar-refractivity contribution >= 4 is 23.2 Å². The standard InChI is InChI=1S/C10H10ClN3O/c1-7-3-5-9(6-4-7)14-12-10(8(2)11)15-13-14/h3-6,13H,2H2,1H3. The number of hydrazone groups is 1. The Morgan fingerprint density at radius 1 is 1.47 bits per heavy atom. The van der Waals surface area contributed by atoms with Crippen LogP contribution in [0.5, 0.6) is 0 Å². The molecule has 0 spiro atoms. The van der Waals surface area contributed by atoms with E-state index < -0.39 is 0 Å². The summed E-state index contributed by atoms with van der Waals surface area (Å²) in [5, 5.41) is 5.82. The summed E-state index contributed by atoms with van der Waals surface area (Å²) in [5.74, 6) is 0.275. The molecule has 1 aromatic carbocycles. The third-order valence-corrected chi connectivity index (χ3v) is 2.09. The SMILES string of the molecule is C=C(Cl)C1=NN(c2ccc(C)cc2)NO1. The molecule has 1 aromatic rings. The van der Waals surface area contributed by atoms with Gasteiger partial charge in [0.2, 0.25) is 0 Å². The normalized spacial score (nSPS) is 14.8. The second kappa shape index (κ2) is 3.92. The van der Waals surface area contributed by atoms with E-state index in [2.05, 4.69) is 17.3 Å². The zero-order valence-corrected chi connectivity index (χ0v) is 8.95. The topological polar surface area (TPSA) is 36.9 Å². The molecule has 0 amide bonds. The van der Waals surface area contributed by atoms with Gasteiger partial charge >= 0.3 is 0 Å². The number of nitrogens with one attached hydrogen (secondary N) is 1. The van der Waals surface area contributed by atoms with E-state index in [1.807, 2.05) is 31.2 Å². The summed E-state index contributed by atoms with van der Waals surface area (Å²) in [6.07, 6.45) is 0. The van der Waals surface area contributed by atoms with Gasteiger partial charge in [0.25, 0.3) is 5.90 Å². The number of hydrogen-bond donors (Lipinski definition) is 1. The van der Waals surface area contributed by atoms with Crippen LogP contribution in [0.2, 0.25) is 0 Å². The van der Waals surface area contributed by atoms with Gasteiger partial charge in [-0.3, -0.25) is 0 Å². The Labute approximate surface area is 92.7 Å². The summed E-state index contributed by atoms with van der Waals surface area (Å²) in [4.78, 5) is 5.01. The molecule has 0 fully saturated rings. The van der Waals surface area contributed by atoms with Crippen molar-refractivity contribution in [2.45, 2.75) is 6.92 Å². The number of aryl methyl sites for hydroxylation is 1. The number of nitrogens with zero attached hydrogens (tertiary/aromatic N) is 2. The molecule has 0 aromatic heterocycles. The summed E-state index contributed by atoms with van der Waals surface area (Å²) in [7, 11) is 0. The number of hydrogen-bond acceptors (Lipinski definition) is 4. The molecule has 1 heterocycles. The number of hydrazine groups is 1. The second-order valence-electron chi connectivity index (χ2n) is 3.15. The summed E-state index contributed by atoms with van der Waals surface area (Å²) >= 11 is 5.65. The number of halogens is 1. The highest BCUT2D eigenvalue weighted by Crippen LogP contribution is 2.18. The average Bonchev–Trinajstić information content (AvgIpc) is 2.68. The van der Waals surface area contributed by atoms with Crippen LogP contribution in [0, 0.1) is 6.92 Å². The highest BCUT2D eigenvalue weighted by Gasteiger charge is 2.18. The lowest BCUT2D eigenvalue weighted by molar-refractivity contribution is 0.203. The fourth-order valence-electron chi connectivity index (χ4n) is 1.12. The van der Waals surface area contributed by atoms with E-state index in [1.165, 1.54) is 10.7 Å². The molecule has 0 bridgehead atoms. The smallest absolute Gasteiger partial charge is 0.276 e. The van der Waals surface area contributed by atoms with E-state index in [9.17, 15) is 0 Å². The van der Waals surface area contributed by atoms with E-state index in [0.29, 0.717) is 0 Å². The van der Waals surface area contributed by atoms with Gasteiger partial charge in [0.15, 0.2) is 0 Å². The molecule has 0 aliphatic carbocycles. The van der Waals surface area contributed by atoms with Gasteiger partial charge in [0, 0.05) is 0 Å². The van der Waals surface area contributed by atoms with Crippen molar-refractivity contribution in [1.29, 1.82) is 0 Å². The van der Waals surface area contributed by atoms with Crippen LogP contribution in [-0.2, 0) is 4.84 Å². The van der Waals surface area contributed by atoms with Crippen molar-refractivity contribution in [3.63, 3.8) is 0 Å². The largest absolute Gasteiger partial charge is 0.364 e. The first-order valence-corrected chi connectivity index (χ1v) is 4.77. The maximum absolute atomic E-state index is 5.65.